The number of H-pyrrole nitrogens is 1. The number of hydrogen-bond acceptors (Lipinski definition) is 3. The van der Waals surface area contributed by atoms with Gasteiger partial charge in [-0.2, -0.15) is 0 Å². The number of aromatic nitrogens is 1. The maximum Gasteiger partial charge on any atom is 0.256 e. The molecule has 1 aromatic heterocycles. The molecule has 5 heteroatoms. The predicted molar refractivity (Wildman–Crippen MR) is 81.1 cm³/mol. The molecular weight excluding hydrogens is 272 g/mol. The van der Waals surface area contributed by atoms with Crippen molar-refractivity contribution in [1.82, 2.24) is 9.88 Å². The molecule has 0 aliphatic heterocycles. The summed E-state index contributed by atoms with van der Waals surface area (Å²) in [6.45, 7) is 0. The molecule has 2 rings (SSSR count). The zero-order valence-corrected chi connectivity index (χ0v) is 12.2. The van der Waals surface area contributed by atoms with Crippen molar-refractivity contribution in [3.8, 4) is 0 Å². The van der Waals surface area contributed by atoms with Gasteiger partial charge >= 0.3 is 0 Å². The number of carbonyl (C=O) groups excluding carboxylic acids is 1. The average Bonchev–Trinajstić information content (AvgIpc) is 2.45. The van der Waals surface area contributed by atoms with Crippen LogP contribution >= 0.6 is 11.8 Å². The Kier molecular flexibility index (Phi) is 4.63. The van der Waals surface area contributed by atoms with Gasteiger partial charge in [-0.05, 0) is 11.6 Å². The lowest BCUT2D eigenvalue weighted by Crippen LogP contribution is -2.24. The first-order chi connectivity index (χ1) is 9.58. The van der Waals surface area contributed by atoms with Crippen LogP contribution in [0.25, 0.3) is 0 Å². The van der Waals surface area contributed by atoms with E-state index in [1.54, 1.807) is 20.2 Å². The van der Waals surface area contributed by atoms with Gasteiger partial charge < -0.3 is 9.88 Å². The van der Waals surface area contributed by atoms with Crippen molar-refractivity contribution in [3.63, 3.8) is 0 Å². The van der Waals surface area contributed by atoms with Crippen molar-refractivity contribution >= 4 is 17.7 Å². The fraction of sp³-hybridized carbons (Fsp3) is 0.200. The molecule has 104 valence electrons. The molecule has 1 aromatic carbocycles. The molecular formula is C15H16N2O2S. The molecule has 1 heterocycles. The number of pyridine rings is 1. The fourth-order valence-electron chi connectivity index (χ4n) is 1.71. The molecule has 2 aromatic rings. The van der Waals surface area contributed by atoms with Crippen molar-refractivity contribution in [3.05, 3.63) is 63.9 Å². The topological polar surface area (TPSA) is 53.2 Å². The van der Waals surface area contributed by atoms with Crippen molar-refractivity contribution in [2.75, 3.05) is 14.1 Å². The number of nitrogens with one attached hydrogen (secondary N) is 1. The normalized spacial score (nSPS) is 10.3. The molecule has 0 unspecified atom stereocenters. The third-order valence-electron chi connectivity index (χ3n) is 2.75. The van der Waals surface area contributed by atoms with Crippen LogP contribution in [-0.2, 0) is 5.75 Å². The van der Waals surface area contributed by atoms with Crippen LogP contribution in [0.2, 0.25) is 0 Å². The van der Waals surface area contributed by atoms with E-state index in [9.17, 15) is 9.59 Å². The Morgan fingerprint density at radius 3 is 2.50 bits per heavy atom. The van der Waals surface area contributed by atoms with Crippen LogP contribution in [0.1, 0.15) is 15.9 Å². The first-order valence-corrected chi connectivity index (χ1v) is 7.18. The summed E-state index contributed by atoms with van der Waals surface area (Å²) in [5.74, 6) is 0.589. The molecule has 0 bridgehead atoms. The standard InChI is InChI=1S/C15H16N2O2S/c1-17(2)15(19)12-8-9-13(18)16-14(12)20-10-11-6-4-3-5-7-11/h3-9H,10H2,1-2H3,(H,16,18). The molecule has 4 nitrogen and oxygen atoms in total. The first kappa shape index (κ1) is 14.4. The Labute approximate surface area is 121 Å². The van der Waals surface area contributed by atoms with Gasteiger partial charge in [0.15, 0.2) is 0 Å². The third kappa shape index (κ3) is 3.51. The molecule has 0 radical (unpaired) electrons. The van der Waals surface area contributed by atoms with Gasteiger partial charge in [-0.3, -0.25) is 9.59 Å². The van der Waals surface area contributed by atoms with E-state index in [4.69, 9.17) is 0 Å². The number of carbonyl (C=O) groups is 1. The highest BCUT2D eigenvalue weighted by molar-refractivity contribution is 7.98. The van der Waals surface area contributed by atoms with E-state index < -0.39 is 0 Å². The third-order valence-corrected chi connectivity index (χ3v) is 3.83. The molecule has 0 fully saturated rings. The van der Waals surface area contributed by atoms with Crippen LogP contribution in [0.15, 0.2) is 52.3 Å². The molecule has 0 aliphatic rings. The number of aromatic amines is 1. The van der Waals surface area contributed by atoms with Crippen molar-refractivity contribution in [2.45, 2.75) is 10.8 Å². The number of amides is 1. The van der Waals surface area contributed by atoms with Crippen LogP contribution in [0.3, 0.4) is 0 Å². The largest absolute Gasteiger partial charge is 0.345 e. The highest BCUT2D eigenvalue weighted by atomic mass is 32.2. The van der Waals surface area contributed by atoms with E-state index in [1.807, 2.05) is 30.3 Å². The average molecular weight is 288 g/mol. The lowest BCUT2D eigenvalue weighted by Gasteiger charge is -2.13. The second-order valence-electron chi connectivity index (χ2n) is 4.54. The maximum atomic E-state index is 12.1. The lowest BCUT2D eigenvalue weighted by atomic mass is 10.2. The Balaban J connectivity index is 2.24. The minimum atomic E-state index is -0.198. The SMILES string of the molecule is CN(C)C(=O)c1ccc(=O)[nH]c1SCc1ccccc1. The Bertz CT molecular complexity index is 650. The molecule has 0 saturated heterocycles. The quantitative estimate of drug-likeness (QED) is 0.879. The van der Waals surface area contributed by atoms with Crippen LogP contribution in [0, 0.1) is 0 Å². The van der Waals surface area contributed by atoms with Gasteiger partial charge in [-0.15, -0.1) is 11.8 Å². The molecule has 1 amide bonds. The second kappa shape index (κ2) is 6.43. The van der Waals surface area contributed by atoms with Gasteiger partial charge in [0.05, 0.1) is 10.6 Å². The summed E-state index contributed by atoms with van der Waals surface area (Å²) in [7, 11) is 3.39. The molecule has 0 atom stereocenters. The van der Waals surface area contributed by atoms with E-state index in [2.05, 4.69) is 4.98 Å². The smallest absolute Gasteiger partial charge is 0.256 e. The number of thioether (sulfide) groups is 1. The summed E-state index contributed by atoms with van der Waals surface area (Å²) in [6, 6.07) is 12.9. The van der Waals surface area contributed by atoms with E-state index >= 15 is 0 Å². The number of rotatable bonds is 4. The first-order valence-electron chi connectivity index (χ1n) is 6.19. The zero-order chi connectivity index (χ0) is 14.5. The van der Waals surface area contributed by atoms with Gasteiger partial charge in [0, 0.05) is 25.9 Å². The van der Waals surface area contributed by atoms with Gasteiger partial charge in [0.25, 0.3) is 5.91 Å². The van der Waals surface area contributed by atoms with Crippen LogP contribution in [0.4, 0.5) is 0 Å². The summed E-state index contributed by atoms with van der Waals surface area (Å²) in [5.41, 5.74) is 1.47. The Morgan fingerprint density at radius 2 is 1.85 bits per heavy atom. The summed E-state index contributed by atoms with van der Waals surface area (Å²) in [6.07, 6.45) is 0. The van der Waals surface area contributed by atoms with Crippen molar-refractivity contribution in [2.24, 2.45) is 0 Å². The maximum absolute atomic E-state index is 12.1. The summed E-state index contributed by atoms with van der Waals surface area (Å²) in [4.78, 5) is 27.8. The van der Waals surface area contributed by atoms with Crippen LogP contribution in [-0.4, -0.2) is 29.9 Å². The van der Waals surface area contributed by atoms with Crippen molar-refractivity contribution < 1.29 is 4.79 Å². The molecule has 20 heavy (non-hydrogen) atoms. The van der Waals surface area contributed by atoms with Gasteiger partial charge in [-0.1, -0.05) is 30.3 Å². The minimum absolute atomic E-state index is 0.114. The molecule has 0 aliphatic carbocycles. The van der Waals surface area contributed by atoms with E-state index in [1.165, 1.54) is 22.7 Å². The van der Waals surface area contributed by atoms with Crippen LogP contribution in [0.5, 0.6) is 0 Å². The molecule has 0 spiro atoms. The Hall–Kier alpha value is -2.01. The fourth-order valence-corrected chi connectivity index (χ4v) is 2.70. The second-order valence-corrected chi connectivity index (χ2v) is 5.52. The highest BCUT2D eigenvalue weighted by Crippen LogP contribution is 2.23. The summed E-state index contributed by atoms with van der Waals surface area (Å²) in [5, 5.41) is 0.611. The lowest BCUT2D eigenvalue weighted by molar-refractivity contribution is 0.0823. The highest BCUT2D eigenvalue weighted by Gasteiger charge is 2.14. The number of benzene rings is 1. The van der Waals surface area contributed by atoms with Gasteiger partial charge in [0.1, 0.15) is 0 Å². The van der Waals surface area contributed by atoms with Gasteiger partial charge in [0.2, 0.25) is 5.56 Å². The zero-order valence-electron chi connectivity index (χ0n) is 11.4. The van der Waals surface area contributed by atoms with Crippen LogP contribution < -0.4 is 5.56 Å². The van der Waals surface area contributed by atoms with E-state index in [0.29, 0.717) is 16.3 Å². The number of nitrogens with zero attached hydrogens (tertiary/aromatic N) is 1. The molecule has 0 saturated carbocycles. The van der Waals surface area contributed by atoms with Gasteiger partial charge in [-0.25, -0.2) is 0 Å². The van der Waals surface area contributed by atoms with E-state index in [0.717, 1.165) is 5.56 Å². The summed E-state index contributed by atoms with van der Waals surface area (Å²) >= 11 is 1.46. The Morgan fingerprint density at radius 1 is 1.15 bits per heavy atom. The number of hydrogen-bond donors (Lipinski definition) is 1. The minimum Gasteiger partial charge on any atom is -0.345 e. The molecule has 1 N–H and O–H groups in total. The van der Waals surface area contributed by atoms with E-state index in [-0.39, 0.29) is 11.5 Å². The van der Waals surface area contributed by atoms with Crippen molar-refractivity contribution in [1.29, 1.82) is 0 Å². The predicted octanol–water partition coefficient (Wildman–Crippen LogP) is 2.37. The summed E-state index contributed by atoms with van der Waals surface area (Å²) < 4.78 is 0. The monoisotopic (exact) mass is 288 g/mol.